The average Bonchev–Trinajstić information content (AvgIpc) is 2.06. The van der Waals surface area contributed by atoms with Crippen molar-refractivity contribution in [1.82, 2.24) is 0 Å². The number of ether oxygens (including phenoxy) is 1. The van der Waals surface area contributed by atoms with Crippen LogP contribution >= 0.6 is 0 Å². The van der Waals surface area contributed by atoms with Gasteiger partial charge in [-0.25, -0.2) is 0 Å². The molecule has 0 amide bonds. The molecular formula is C12H20O2. The maximum Gasteiger partial charge on any atom is 0.303 e. The molecule has 0 N–H and O–H groups in total. The zero-order valence-electron chi connectivity index (χ0n) is 9.43. The van der Waals surface area contributed by atoms with E-state index in [4.69, 9.17) is 4.74 Å². The summed E-state index contributed by atoms with van der Waals surface area (Å²) in [6.45, 7) is 5.69. The molecule has 0 aromatic rings. The van der Waals surface area contributed by atoms with Crippen molar-refractivity contribution in [3.63, 3.8) is 0 Å². The van der Waals surface area contributed by atoms with Crippen LogP contribution in [0.1, 0.15) is 52.9 Å². The van der Waals surface area contributed by atoms with Crippen molar-refractivity contribution < 1.29 is 9.53 Å². The summed E-state index contributed by atoms with van der Waals surface area (Å²) in [6, 6.07) is 0. The molecule has 0 aromatic heterocycles. The van der Waals surface area contributed by atoms with Crippen LogP contribution in [0.15, 0.2) is 11.6 Å². The van der Waals surface area contributed by atoms with E-state index in [1.165, 1.54) is 12.5 Å². The molecule has 1 atom stereocenters. The summed E-state index contributed by atoms with van der Waals surface area (Å²) in [5, 5.41) is 0. The standard InChI is InChI=1S/C12H20O2/c1-10-6-4-5-8-12(3,9-7-10)14-11(2)13/h6H,4-5,7-9H2,1-3H3. The van der Waals surface area contributed by atoms with Gasteiger partial charge in [-0.2, -0.15) is 0 Å². The van der Waals surface area contributed by atoms with Gasteiger partial charge in [-0.3, -0.25) is 4.79 Å². The molecule has 2 nitrogen and oxygen atoms in total. The maximum absolute atomic E-state index is 11.0. The molecule has 1 rings (SSSR count). The van der Waals surface area contributed by atoms with Crippen molar-refractivity contribution in [3.05, 3.63) is 11.6 Å². The van der Waals surface area contributed by atoms with Gasteiger partial charge < -0.3 is 4.74 Å². The van der Waals surface area contributed by atoms with E-state index in [1.807, 2.05) is 6.92 Å². The lowest BCUT2D eigenvalue weighted by Crippen LogP contribution is -2.31. The number of allylic oxidation sites excluding steroid dienone is 2. The fraction of sp³-hybridized carbons (Fsp3) is 0.750. The SMILES string of the molecule is CC(=O)OC1(C)CCCC=C(C)CC1. The highest BCUT2D eigenvalue weighted by Gasteiger charge is 2.27. The lowest BCUT2D eigenvalue weighted by molar-refractivity contribution is -0.156. The highest BCUT2D eigenvalue weighted by molar-refractivity contribution is 5.66. The maximum atomic E-state index is 11.0. The molecular weight excluding hydrogens is 176 g/mol. The summed E-state index contributed by atoms with van der Waals surface area (Å²) >= 11 is 0. The van der Waals surface area contributed by atoms with Gasteiger partial charge in [-0.05, 0) is 46.0 Å². The Hall–Kier alpha value is -0.790. The number of carbonyl (C=O) groups excluding carboxylic acids is 1. The largest absolute Gasteiger partial charge is 0.460 e. The van der Waals surface area contributed by atoms with Gasteiger partial charge >= 0.3 is 5.97 Å². The van der Waals surface area contributed by atoms with Crippen molar-refractivity contribution >= 4 is 5.97 Å². The average molecular weight is 196 g/mol. The molecule has 0 radical (unpaired) electrons. The third kappa shape index (κ3) is 3.52. The van der Waals surface area contributed by atoms with Gasteiger partial charge in [0.15, 0.2) is 0 Å². The summed E-state index contributed by atoms with van der Waals surface area (Å²) in [6.07, 6.45) is 7.51. The summed E-state index contributed by atoms with van der Waals surface area (Å²) in [7, 11) is 0. The molecule has 0 aliphatic heterocycles. The van der Waals surface area contributed by atoms with E-state index < -0.39 is 0 Å². The summed E-state index contributed by atoms with van der Waals surface area (Å²) in [4.78, 5) is 11.0. The highest BCUT2D eigenvalue weighted by atomic mass is 16.6. The van der Waals surface area contributed by atoms with E-state index in [0.717, 1.165) is 32.1 Å². The lowest BCUT2D eigenvalue weighted by Gasteiger charge is -2.30. The Kier molecular flexibility index (Phi) is 3.73. The molecule has 0 bridgehead atoms. The van der Waals surface area contributed by atoms with E-state index in [1.54, 1.807) is 0 Å². The normalized spacial score (nSPS) is 28.6. The Morgan fingerprint density at radius 1 is 1.50 bits per heavy atom. The summed E-state index contributed by atoms with van der Waals surface area (Å²) in [5.41, 5.74) is 1.18. The van der Waals surface area contributed by atoms with E-state index >= 15 is 0 Å². The fourth-order valence-corrected chi connectivity index (χ4v) is 1.96. The van der Waals surface area contributed by atoms with Gasteiger partial charge in [-0.15, -0.1) is 0 Å². The Labute approximate surface area is 86.3 Å². The predicted molar refractivity (Wildman–Crippen MR) is 57.0 cm³/mol. The van der Waals surface area contributed by atoms with E-state index in [2.05, 4.69) is 13.0 Å². The van der Waals surface area contributed by atoms with Crippen molar-refractivity contribution in [2.75, 3.05) is 0 Å². The molecule has 0 saturated heterocycles. The second kappa shape index (κ2) is 4.63. The van der Waals surface area contributed by atoms with E-state index in [0.29, 0.717) is 0 Å². The zero-order chi connectivity index (χ0) is 10.6. The fourth-order valence-electron chi connectivity index (χ4n) is 1.96. The van der Waals surface area contributed by atoms with Crippen LogP contribution in [0.2, 0.25) is 0 Å². The Bertz CT molecular complexity index is 243. The molecule has 14 heavy (non-hydrogen) atoms. The first-order valence-corrected chi connectivity index (χ1v) is 5.37. The molecule has 0 spiro atoms. The number of carbonyl (C=O) groups is 1. The van der Waals surface area contributed by atoms with Crippen LogP contribution in [-0.2, 0) is 9.53 Å². The molecule has 1 aliphatic carbocycles. The van der Waals surface area contributed by atoms with Crippen molar-refractivity contribution in [2.45, 2.75) is 58.5 Å². The second-order valence-corrected chi connectivity index (χ2v) is 4.49. The topological polar surface area (TPSA) is 26.3 Å². The van der Waals surface area contributed by atoms with Crippen LogP contribution < -0.4 is 0 Å². The van der Waals surface area contributed by atoms with Crippen LogP contribution in [-0.4, -0.2) is 11.6 Å². The quantitative estimate of drug-likeness (QED) is 0.475. The minimum atomic E-state index is -0.235. The van der Waals surface area contributed by atoms with Gasteiger partial charge in [-0.1, -0.05) is 11.6 Å². The highest BCUT2D eigenvalue weighted by Crippen LogP contribution is 2.29. The van der Waals surface area contributed by atoms with Gasteiger partial charge in [0.2, 0.25) is 0 Å². The second-order valence-electron chi connectivity index (χ2n) is 4.49. The predicted octanol–water partition coefficient (Wildman–Crippen LogP) is 3.22. The van der Waals surface area contributed by atoms with Crippen LogP contribution in [0.25, 0.3) is 0 Å². The molecule has 0 fully saturated rings. The van der Waals surface area contributed by atoms with Crippen molar-refractivity contribution in [1.29, 1.82) is 0 Å². The van der Waals surface area contributed by atoms with Crippen LogP contribution in [0.5, 0.6) is 0 Å². The first-order valence-electron chi connectivity index (χ1n) is 5.37. The Morgan fingerprint density at radius 2 is 2.21 bits per heavy atom. The molecule has 0 heterocycles. The van der Waals surface area contributed by atoms with E-state index in [9.17, 15) is 4.79 Å². The molecule has 80 valence electrons. The van der Waals surface area contributed by atoms with Crippen LogP contribution in [0, 0.1) is 0 Å². The first kappa shape index (κ1) is 11.3. The molecule has 0 aromatic carbocycles. The monoisotopic (exact) mass is 196 g/mol. The number of esters is 1. The smallest absolute Gasteiger partial charge is 0.303 e. The van der Waals surface area contributed by atoms with Gasteiger partial charge in [0.25, 0.3) is 0 Å². The van der Waals surface area contributed by atoms with Crippen molar-refractivity contribution in [2.24, 2.45) is 0 Å². The third-order valence-corrected chi connectivity index (χ3v) is 2.84. The van der Waals surface area contributed by atoms with Crippen molar-refractivity contribution in [3.8, 4) is 0 Å². The number of hydrogen-bond donors (Lipinski definition) is 0. The minimum absolute atomic E-state index is 0.158. The van der Waals surface area contributed by atoms with E-state index in [-0.39, 0.29) is 11.6 Å². The first-order chi connectivity index (χ1) is 6.52. The van der Waals surface area contributed by atoms with Gasteiger partial charge in [0, 0.05) is 6.92 Å². The Balaban J connectivity index is 2.60. The van der Waals surface area contributed by atoms with Gasteiger partial charge in [0.1, 0.15) is 5.60 Å². The molecule has 0 saturated carbocycles. The minimum Gasteiger partial charge on any atom is -0.460 e. The number of hydrogen-bond acceptors (Lipinski definition) is 2. The zero-order valence-corrected chi connectivity index (χ0v) is 9.43. The molecule has 1 unspecified atom stereocenters. The van der Waals surface area contributed by atoms with Crippen LogP contribution in [0.4, 0.5) is 0 Å². The number of rotatable bonds is 1. The summed E-state index contributed by atoms with van der Waals surface area (Å²) in [5.74, 6) is -0.158. The molecule has 1 aliphatic rings. The summed E-state index contributed by atoms with van der Waals surface area (Å²) < 4.78 is 5.40. The lowest BCUT2D eigenvalue weighted by atomic mass is 9.88. The van der Waals surface area contributed by atoms with Gasteiger partial charge in [0.05, 0.1) is 0 Å². The Morgan fingerprint density at radius 3 is 2.86 bits per heavy atom. The molecule has 2 heteroatoms. The van der Waals surface area contributed by atoms with Crippen LogP contribution in [0.3, 0.4) is 0 Å². The third-order valence-electron chi connectivity index (χ3n) is 2.84.